The van der Waals surface area contributed by atoms with Gasteiger partial charge in [0.2, 0.25) is 11.8 Å². The predicted molar refractivity (Wildman–Crippen MR) is 116 cm³/mol. The van der Waals surface area contributed by atoms with E-state index in [4.69, 9.17) is 0 Å². The van der Waals surface area contributed by atoms with E-state index in [0.717, 1.165) is 24.0 Å². The molecule has 2 aromatic rings. The van der Waals surface area contributed by atoms with Crippen LogP contribution in [-0.2, 0) is 16.0 Å². The molecule has 1 atom stereocenters. The van der Waals surface area contributed by atoms with Gasteiger partial charge in [0, 0.05) is 31.7 Å². The molecule has 0 radical (unpaired) electrons. The second-order valence-electron chi connectivity index (χ2n) is 7.76. The molecule has 3 rings (SSSR count). The van der Waals surface area contributed by atoms with Crippen LogP contribution in [0.5, 0.6) is 0 Å². The van der Waals surface area contributed by atoms with Gasteiger partial charge in [-0.1, -0.05) is 48.0 Å². The molecule has 6 nitrogen and oxygen atoms in total. The Morgan fingerprint density at radius 3 is 2.40 bits per heavy atom. The smallest absolute Gasteiger partial charge is 0.253 e. The number of piperidine rings is 1. The van der Waals surface area contributed by atoms with Gasteiger partial charge in [-0.05, 0) is 37.5 Å². The van der Waals surface area contributed by atoms with Crippen molar-refractivity contribution in [3.8, 4) is 0 Å². The number of rotatable bonds is 7. The van der Waals surface area contributed by atoms with Crippen LogP contribution in [0, 0.1) is 12.8 Å². The largest absolute Gasteiger partial charge is 0.354 e. The minimum Gasteiger partial charge on any atom is -0.354 e. The molecule has 2 aromatic carbocycles. The van der Waals surface area contributed by atoms with E-state index in [1.807, 2.05) is 61.5 Å². The number of carbonyl (C=O) groups is 3. The maximum atomic E-state index is 12.7. The van der Waals surface area contributed by atoms with Gasteiger partial charge in [-0.3, -0.25) is 14.4 Å². The van der Waals surface area contributed by atoms with Crippen LogP contribution in [0.2, 0.25) is 0 Å². The summed E-state index contributed by atoms with van der Waals surface area (Å²) < 4.78 is 0. The lowest BCUT2D eigenvalue weighted by Gasteiger charge is -2.32. The Hall–Kier alpha value is -3.15. The maximum Gasteiger partial charge on any atom is 0.253 e. The number of likely N-dealkylation sites (tertiary alicyclic amines) is 1. The molecule has 30 heavy (non-hydrogen) atoms. The summed E-state index contributed by atoms with van der Waals surface area (Å²) in [6.45, 7) is 3.85. The van der Waals surface area contributed by atoms with Crippen molar-refractivity contribution in [1.82, 2.24) is 15.5 Å². The van der Waals surface area contributed by atoms with Crippen LogP contribution in [0.4, 0.5) is 0 Å². The Kier molecular flexibility index (Phi) is 7.60. The molecule has 1 unspecified atom stereocenters. The van der Waals surface area contributed by atoms with Gasteiger partial charge in [-0.25, -0.2) is 0 Å². The lowest BCUT2D eigenvalue weighted by Crippen LogP contribution is -2.46. The number of hydrogen-bond acceptors (Lipinski definition) is 3. The molecule has 3 amide bonds. The first-order chi connectivity index (χ1) is 14.5. The van der Waals surface area contributed by atoms with E-state index < -0.39 is 0 Å². The van der Waals surface area contributed by atoms with Crippen LogP contribution in [0.3, 0.4) is 0 Å². The summed E-state index contributed by atoms with van der Waals surface area (Å²) in [6, 6.07) is 17.1. The molecule has 1 fully saturated rings. The number of benzene rings is 2. The zero-order valence-electron chi connectivity index (χ0n) is 17.4. The van der Waals surface area contributed by atoms with Gasteiger partial charge in [-0.15, -0.1) is 0 Å². The van der Waals surface area contributed by atoms with Crippen LogP contribution in [-0.4, -0.2) is 48.8 Å². The van der Waals surface area contributed by atoms with Crippen molar-refractivity contribution in [3.63, 3.8) is 0 Å². The molecule has 158 valence electrons. The third-order valence-electron chi connectivity index (χ3n) is 5.33. The summed E-state index contributed by atoms with van der Waals surface area (Å²) in [5.41, 5.74) is 2.72. The average Bonchev–Trinajstić information content (AvgIpc) is 2.77. The van der Waals surface area contributed by atoms with Crippen LogP contribution >= 0.6 is 0 Å². The highest BCUT2D eigenvalue weighted by atomic mass is 16.2. The molecule has 1 heterocycles. The molecule has 0 saturated carbocycles. The molecule has 1 aliphatic heterocycles. The fourth-order valence-electron chi connectivity index (χ4n) is 3.63. The van der Waals surface area contributed by atoms with Crippen LogP contribution in [0.25, 0.3) is 0 Å². The Balaban J connectivity index is 1.40. The van der Waals surface area contributed by atoms with Gasteiger partial charge in [-0.2, -0.15) is 0 Å². The number of aryl methyl sites for hydroxylation is 1. The predicted octanol–water partition coefficient (Wildman–Crippen LogP) is 2.32. The fourth-order valence-corrected chi connectivity index (χ4v) is 3.63. The zero-order valence-corrected chi connectivity index (χ0v) is 17.4. The van der Waals surface area contributed by atoms with E-state index in [2.05, 4.69) is 10.6 Å². The van der Waals surface area contributed by atoms with Crippen molar-refractivity contribution in [3.05, 3.63) is 71.3 Å². The number of nitrogens with zero attached hydrogens (tertiary/aromatic N) is 1. The van der Waals surface area contributed by atoms with Crippen LogP contribution in [0.15, 0.2) is 54.6 Å². The normalized spacial score (nSPS) is 16.0. The van der Waals surface area contributed by atoms with Crippen molar-refractivity contribution in [2.75, 3.05) is 26.2 Å². The number of nitrogens with one attached hydrogen (secondary N) is 2. The zero-order chi connectivity index (χ0) is 21.3. The first-order valence-corrected chi connectivity index (χ1v) is 10.5. The van der Waals surface area contributed by atoms with Gasteiger partial charge in [0.1, 0.15) is 0 Å². The van der Waals surface area contributed by atoms with E-state index >= 15 is 0 Å². The first-order valence-electron chi connectivity index (χ1n) is 10.5. The maximum absolute atomic E-state index is 12.7. The lowest BCUT2D eigenvalue weighted by molar-refractivity contribution is -0.126. The Morgan fingerprint density at radius 2 is 1.67 bits per heavy atom. The molecule has 0 bridgehead atoms. The van der Waals surface area contributed by atoms with Crippen LogP contribution < -0.4 is 10.6 Å². The summed E-state index contributed by atoms with van der Waals surface area (Å²) in [7, 11) is 0. The van der Waals surface area contributed by atoms with E-state index in [1.165, 1.54) is 0 Å². The van der Waals surface area contributed by atoms with E-state index in [-0.39, 0.29) is 23.6 Å². The molecule has 0 aliphatic carbocycles. The van der Waals surface area contributed by atoms with Crippen molar-refractivity contribution < 1.29 is 14.4 Å². The number of hydrogen-bond donors (Lipinski definition) is 2. The van der Waals surface area contributed by atoms with Gasteiger partial charge < -0.3 is 15.5 Å². The van der Waals surface area contributed by atoms with Gasteiger partial charge in [0.05, 0.1) is 12.3 Å². The van der Waals surface area contributed by atoms with Crippen LogP contribution in [0.1, 0.15) is 34.3 Å². The summed E-state index contributed by atoms with van der Waals surface area (Å²) >= 11 is 0. The molecule has 6 heteroatoms. The molecule has 1 aliphatic rings. The Bertz CT molecular complexity index is 865. The summed E-state index contributed by atoms with van der Waals surface area (Å²) in [5.74, 6) is -0.370. The van der Waals surface area contributed by atoms with Gasteiger partial charge >= 0.3 is 0 Å². The standard InChI is InChI=1S/C24H29N3O3/c1-18-9-11-20(12-10-18)24(30)27-15-5-8-21(17-27)23(29)26-14-13-25-22(28)16-19-6-3-2-4-7-19/h2-4,6-7,9-12,21H,5,8,13-17H2,1H3,(H,25,28)(H,26,29). The summed E-state index contributed by atoms with van der Waals surface area (Å²) in [4.78, 5) is 39.0. The number of carbonyl (C=O) groups excluding carboxylic acids is 3. The van der Waals surface area contributed by atoms with Crippen molar-refractivity contribution in [1.29, 1.82) is 0 Å². The van der Waals surface area contributed by atoms with Crippen molar-refractivity contribution >= 4 is 17.7 Å². The minimum absolute atomic E-state index is 0.0272. The Labute approximate surface area is 177 Å². The van der Waals surface area contributed by atoms with E-state index in [1.54, 1.807) is 4.90 Å². The van der Waals surface area contributed by atoms with E-state index in [9.17, 15) is 14.4 Å². The quantitative estimate of drug-likeness (QED) is 0.692. The Morgan fingerprint density at radius 1 is 0.967 bits per heavy atom. The lowest BCUT2D eigenvalue weighted by atomic mass is 9.96. The average molecular weight is 408 g/mol. The highest BCUT2D eigenvalue weighted by molar-refractivity contribution is 5.94. The third kappa shape index (κ3) is 6.17. The van der Waals surface area contributed by atoms with Gasteiger partial charge in [0.15, 0.2) is 0 Å². The second kappa shape index (κ2) is 10.6. The molecule has 1 saturated heterocycles. The topological polar surface area (TPSA) is 78.5 Å². The molecule has 2 N–H and O–H groups in total. The summed E-state index contributed by atoms with van der Waals surface area (Å²) in [6.07, 6.45) is 1.90. The molecular weight excluding hydrogens is 378 g/mol. The highest BCUT2D eigenvalue weighted by Gasteiger charge is 2.28. The second-order valence-corrected chi connectivity index (χ2v) is 7.76. The highest BCUT2D eigenvalue weighted by Crippen LogP contribution is 2.19. The minimum atomic E-state index is -0.215. The monoisotopic (exact) mass is 407 g/mol. The molecule has 0 spiro atoms. The molecular formula is C24H29N3O3. The SMILES string of the molecule is Cc1ccc(C(=O)N2CCCC(C(=O)NCCNC(=O)Cc3ccccc3)C2)cc1. The van der Waals surface area contributed by atoms with Crippen molar-refractivity contribution in [2.24, 2.45) is 5.92 Å². The number of amides is 3. The first kappa shape index (κ1) is 21.6. The van der Waals surface area contributed by atoms with Crippen molar-refractivity contribution in [2.45, 2.75) is 26.2 Å². The fraction of sp³-hybridized carbons (Fsp3) is 0.375. The van der Waals surface area contributed by atoms with E-state index in [0.29, 0.717) is 38.2 Å². The molecule has 0 aromatic heterocycles. The third-order valence-corrected chi connectivity index (χ3v) is 5.33. The summed E-state index contributed by atoms with van der Waals surface area (Å²) in [5, 5.41) is 5.71. The van der Waals surface area contributed by atoms with Gasteiger partial charge in [0.25, 0.3) is 5.91 Å².